The van der Waals surface area contributed by atoms with Gasteiger partial charge in [-0.15, -0.1) is 0 Å². The van der Waals surface area contributed by atoms with Crippen molar-refractivity contribution < 1.29 is 27.5 Å². The molecular weight excluding hydrogens is 440 g/mol. The average Bonchev–Trinajstić information content (AvgIpc) is 3.02. The molecule has 164 valence electrons. The van der Waals surface area contributed by atoms with Gasteiger partial charge in [0, 0.05) is 6.26 Å². The molecule has 3 aromatic rings. The Labute approximate surface area is 183 Å². The molecule has 0 aliphatic carbocycles. The van der Waals surface area contributed by atoms with E-state index in [4.69, 9.17) is 9.47 Å². The highest BCUT2D eigenvalue weighted by atomic mass is 32.2. The van der Waals surface area contributed by atoms with Crippen molar-refractivity contribution in [1.82, 2.24) is 4.57 Å². The van der Waals surface area contributed by atoms with Crippen LogP contribution in [0.4, 0.5) is 0 Å². The Morgan fingerprint density at radius 2 is 1.94 bits per heavy atom. The highest BCUT2D eigenvalue weighted by Crippen LogP contribution is 2.22. The summed E-state index contributed by atoms with van der Waals surface area (Å²) in [4.78, 5) is 29.0. The maximum absolute atomic E-state index is 12.4. The van der Waals surface area contributed by atoms with Crippen molar-refractivity contribution in [3.8, 4) is 5.75 Å². The average molecular weight is 463 g/mol. The van der Waals surface area contributed by atoms with Gasteiger partial charge in [0.25, 0.3) is 5.91 Å². The Bertz CT molecular complexity index is 1300. The largest absolute Gasteiger partial charge is 0.484 e. The minimum atomic E-state index is -3.41. The molecule has 0 N–H and O–H groups in total. The first-order valence-corrected chi connectivity index (χ1v) is 12.1. The number of esters is 1. The second kappa shape index (κ2) is 9.44. The molecule has 0 spiro atoms. The Kier molecular flexibility index (Phi) is 6.91. The lowest BCUT2D eigenvalue weighted by Gasteiger charge is -2.06. The maximum Gasteiger partial charge on any atom is 0.326 e. The summed E-state index contributed by atoms with van der Waals surface area (Å²) in [7, 11) is -3.41. The van der Waals surface area contributed by atoms with Gasteiger partial charge in [0.15, 0.2) is 21.2 Å². The fourth-order valence-electron chi connectivity index (χ4n) is 2.85. The smallest absolute Gasteiger partial charge is 0.326 e. The summed E-state index contributed by atoms with van der Waals surface area (Å²) in [5.41, 5.74) is 1.58. The second-order valence-corrected chi connectivity index (χ2v) is 9.81. The number of amides is 1. The van der Waals surface area contributed by atoms with Crippen LogP contribution in [0, 0.1) is 6.92 Å². The van der Waals surface area contributed by atoms with Crippen LogP contribution in [-0.2, 0) is 30.7 Å². The molecule has 1 amide bonds. The van der Waals surface area contributed by atoms with E-state index in [-0.39, 0.29) is 29.5 Å². The summed E-state index contributed by atoms with van der Waals surface area (Å²) in [6.07, 6.45) is 1.12. The lowest BCUT2D eigenvalue weighted by atomic mass is 10.2. The molecule has 8 nitrogen and oxygen atoms in total. The van der Waals surface area contributed by atoms with Gasteiger partial charge in [-0.25, -0.2) is 8.42 Å². The Hall–Kier alpha value is -2.98. The van der Waals surface area contributed by atoms with Crippen LogP contribution in [0.25, 0.3) is 10.2 Å². The molecular formula is C21H22N2O6S2. The summed E-state index contributed by atoms with van der Waals surface area (Å²) in [5, 5.41) is 0. The number of carbonyl (C=O) groups excluding carboxylic acids is 2. The van der Waals surface area contributed by atoms with Gasteiger partial charge < -0.3 is 14.0 Å². The van der Waals surface area contributed by atoms with Gasteiger partial charge in [0.1, 0.15) is 12.3 Å². The fourth-order valence-corrected chi connectivity index (χ4v) is 4.65. The van der Waals surface area contributed by atoms with Crippen molar-refractivity contribution in [2.75, 3.05) is 19.5 Å². The molecule has 0 saturated heterocycles. The van der Waals surface area contributed by atoms with Crippen LogP contribution in [0.5, 0.6) is 5.75 Å². The van der Waals surface area contributed by atoms with E-state index < -0.39 is 21.7 Å². The number of ether oxygens (including phenoxy) is 2. The highest BCUT2D eigenvalue weighted by Gasteiger charge is 2.15. The maximum atomic E-state index is 12.4. The Morgan fingerprint density at radius 3 is 2.61 bits per heavy atom. The summed E-state index contributed by atoms with van der Waals surface area (Å²) in [6.45, 7) is 3.40. The molecule has 0 saturated carbocycles. The molecule has 1 aromatic heterocycles. The Morgan fingerprint density at radius 1 is 1.16 bits per heavy atom. The number of fused-ring (bicyclic) bond motifs is 1. The molecule has 0 atom stereocenters. The monoisotopic (exact) mass is 462 g/mol. The minimum absolute atomic E-state index is 0.144. The van der Waals surface area contributed by atoms with Crippen LogP contribution in [-0.4, -0.2) is 44.3 Å². The van der Waals surface area contributed by atoms with Crippen molar-refractivity contribution in [3.05, 3.63) is 52.8 Å². The number of benzene rings is 2. The van der Waals surface area contributed by atoms with Gasteiger partial charge >= 0.3 is 5.97 Å². The van der Waals surface area contributed by atoms with Gasteiger partial charge in [0.2, 0.25) is 0 Å². The van der Waals surface area contributed by atoms with Crippen molar-refractivity contribution in [2.24, 2.45) is 4.99 Å². The van der Waals surface area contributed by atoms with E-state index in [0.717, 1.165) is 23.2 Å². The minimum Gasteiger partial charge on any atom is -0.484 e. The predicted octanol–water partition coefficient (Wildman–Crippen LogP) is 2.48. The lowest BCUT2D eigenvalue weighted by molar-refractivity contribution is -0.143. The molecule has 3 rings (SSSR count). The number of aromatic nitrogens is 1. The number of aryl methyl sites for hydroxylation is 1. The predicted molar refractivity (Wildman–Crippen MR) is 117 cm³/mol. The van der Waals surface area contributed by atoms with E-state index >= 15 is 0 Å². The van der Waals surface area contributed by atoms with Crippen LogP contribution in [0.3, 0.4) is 0 Å². The quantitative estimate of drug-likeness (QED) is 0.500. The standard InChI is InChI=1S/C21H22N2O6S2/c1-4-28-20(25)12-23-17-9-8-16(31(3,26)27)11-18(17)30-21(23)22-19(24)13-29-15-7-5-6-14(2)10-15/h5-11H,4,12-13H2,1-3H3. The van der Waals surface area contributed by atoms with Crippen molar-refractivity contribution in [3.63, 3.8) is 0 Å². The van der Waals surface area contributed by atoms with Crippen LogP contribution < -0.4 is 9.54 Å². The summed E-state index contributed by atoms with van der Waals surface area (Å²) in [6, 6.07) is 11.8. The number of sulfone groups is 1. The second-order valence-electron chi connectivity index (χ2n) is 6.79. The van der Waals surface area contributed by atoms with E-state index in [1.807, 2.05) is 19.1 Å². The third kappa shape index (κ3) is 5.80. The summed E-state index contributed by atoms with van der Waals surface area (Å²) in [5.74, 6) is -0.467. The van der Waals surface area contributed by atoms with Crippen molar-refractivity contribution in [1.29, 1.82) is 0 Å². The van der Waals surface area contributed by atoms with Gasteiger partial charge in [-0.2, -0.15) is 4.99 Å². The van der Waals surface area contributed by atoms with Crippen LogP contribution in [0.2, 0.25) is 0 Å². The number of hydrogen-bond donors (Lipinski definition) is 0. The molecule has 0 radical (unpaired) electrons. The molecule has 1 heterocycles. The summed E-state index contributed by atoms with van der Waals surface area (Å²) >= 11 is 1.11. The summed E-state index contributed by atoms with van der Waals surface area (Å²) < 4.78 is 36.4. The van der Waals surface area contributed by atoms with Crippen LogP contribution in [0.15, 0.2) is 52.4 Å². The molecule has 0 aliphatic rings. The molecule has 0 bridgehead atoms. The van der Waals surface area contributed by atoms with E-state index in [9.17, 15) is 18.0 Å². The fraction of sp³-hybridized carbons (Fsp3) is 0.286. The van der Waals surface area contributed by atoms with Crippen LogP contribution >= 0.6 is 11.3 Å². The Balaban J connectivity index is 1.97. The zero-order valence-corrected chi connectivity index (χ0v) is 19.0. The van der Waals surface area contributed by atoms with E-state index in [1.165, 1.54) is 16.7 Å². The topological polar surface area (TPSA) is 104 Å². The van der Waals surface area contributed by atoms with E-state index in [2.05, 4.69) is 4.99 Å². The first-order valence-electron chi connectivity index (χ1n) is 9.43. The van der Waals surface area contributed by atoms with Gasteiger partial charge in [-0.3, -0.25) is 9.59 Å². The number of rotatable bonds is 7. The zero-order valence-electron chi connectivity index (χ0n) is 17.3. The molecule has 0 unspecified atom stereocenters. The molecule has 0 aliphatic heterocycles. The molecule has 31 heavy (non-hydrogen) atoms. The number of hydrogen-bond acceptors (Lipinski definition) is 7. The first kappa shape index (κ1) is 22.7. The van der Waals surface area contributed by atoms with Crippen LogP contribution in [0.1, 0.15) is 12.5 Å². The van der Waals surface area contributed by atoms with Gasteiger partial charge in [-0.05, 0) is 49.7 Å². The first-order chi connectivity index (χ1) is 14.7. The van der Waals surface area contributed by atoms with E-state index in [0.29, 0.717) is 16.0 Å². The molecule has 2 aromatic carbocycles. The SMILES string of the molecule is CCOC(=O)Cn1c(=NC(=O)COc2cccc(C)c2)sc2cc(S(C)(=O)=O)ccc21. The highest BCUT2D eigenvalue weighted by molar-refractivity contribution is 7.90. The number of thiazole rings is 1. The van der Waals surface area contributed by atoms with E-state index in [1.54, 1.807) is 25.1 Å². The number of nitrogens with zero attached hydrogens (tertiary/aromatic N) is 2. The zero-order chi connectivity index (χ0) is 22.6. The van der Waals surface area contributed by atoms with Crippen molar-refractivity contribution >= 4 is 43.3 Å². The van der Waals surface area contributed by atoms with Gasteiger partial charge in [-0.1, -0.05) is 23.5 Å². The van der Waals surface area contributed by atoms with Gasteiger partial charge in [0.05, 0.1) is 21.7 Å². The third-order valence-corrected chi connectivity index (χ3v) is 6.40. The lowest BCUT2D eigenvalue weighted by Crippen LogP contribution is -2.24. The third-order valence-electron chi connectivity index (χ3n) is 4.25. The molecule has 10 heteroatoms. The number of carbonyl (C=O) groups is 2. The van der Waals surface area contributed by atoms with Crippen molar-refractivity contribution in [2.45, 2.75) is 25.3 Å². The normalized spacial score (nSPS) is 12.2. The molecule has 0 fully saturated rings.